The zero-order chi connectivity index (χ0) is 11.5. The second-order valence-electron chi connectivity index (χ2n) is 3.48. The zero-order valence-electron chi connectivity index (χ0n) is 8.85. The van der Waals surface area contributed by atoms with Crippen LogP contribution in [0.15, 0.2) is 24.3 Å². The highest BCUT2D eigenvalue weighted by molar-refractivity contribution is 6.30. The van der Waals surface area contributed by atoms with Crippen molar-refractivity contribution in [2.45, 2.75) is 12.5 Å². The van der Waals surface area contributed by atoms with Crippen LogP contribution in [-0.2, 0) is 14.4 Å². The van der Waals surface area contributed by atoms with Gasteiger partial charge in [-0.1, -0.05) is 11.6 Å². The van der Waals surface area contributed by atoms with E-state index in [9.17, 15) is 4.79 Å². The number of hydrogen-bond donors (Lipinski definition) is 0. The summed E-state index contributed by atoms with van der Waals surface area (Å²) in [5.41, 5.74) is 0.885. The van der Waals surface area contributed by atoms with Gasteiger partial charge in [-0.2, -0.15) is 0 Å². The summed E-state index contributed by atoms with van der Waals surface area (Å²) in [5.74, 6) is -0.337. The van der Waals surface area contributed by atoms with E-state index in [0.717, 1.165) is 5.69 Å². The van der Waals surface area contributed by atoms with E-state index in [1.165, 1.54) is 7.11 Å². The Balaban J connectivity index is 2.03. The van der Waals surface area contributed by atoms with Gasteiger partial charge in [0.15, 0.2) is 6.10 Å². The topological polar surface area (TPSA) is 38.8 Å². The van der Waals surface area contributed by atoms with E-state index in [4.69, 9.17) is 16.4 Å². The molecule has 0 spiro atoms. The van der Waals surface area contributed by atoms with Gasteiger partial charge in [0.2, 0.25) is 0 Å². The third-order valence-electron chi connectivity index (χ3n) is 2.43. The van der Waals surface area contributed by atoms with Crippen LogP contribution in [-0.4, -0.2) is 25.7 Å². The maximum Gasteiger partial charge on any atom is 0.337 e. The van der Waals surface area contributed by atoms with Crippen LogP contribution in [0.4, 0.5) is 5.69 Å². The molecule has 0 radical (unpaired) electrons. The normalized spacial score (nSPS) is 19.9. The molecule has 1 saturated heterocycles. The summed E-state index contributed by atoms with van der Waals surface area (Å²) >= 11 is 5.79. The number of methoxy groups -OCH3 is 1. The van der Waals surface area contributed by atoms with Gasteiger partial charge in [0, 0.05) is 18.0 Å². The fraction of sp³-hybridized carbons (Fsp3) is 0.364. The van der Waals surface area contributed by atoms with E-state index in [1.54, 1.807) is 17.2 Å². The standard InChI is InChI=1S/C11H12ClNO3/c1-15-11(14)10-6-7-13(16-10)9-4-2-8(12)3-5-9/h2-5,10H,6-7H2,1H3. The van der Waals surface area contributed by atoms with E-state index in [0.29, 0.717) is 18.0 Å². The molecule has 86 valence electrons. The number of anilines is 1. The molecule has 0 saturated carbocycles. The Morgan fingerprint density at radius 3 is 2.81 bits per heavy atom. The Labute approximate surface area is 98.7 Å². The van der Waals surface area contributed by atoms with Gasteiger partial charge in [-0.15, -0.1) is 0 Å². The van der Waals surface area contributed by atoms with Crippen LogP contribution >= 0.6 is 11.6 Å². The van der Waals surface area contributed by atoms with Crippen molar-refractivity contribution in [1.29, 1.82) is 0 Å². The van der Waals surface area contributed by atoms with Crippen molar-refractivity contribution < 1.29 is 14.4 Å². The summed E-state index contributed by atoms with van der Waals surface area (Å²) in [4.78, 5) is 16.7. The number of ether oxygens (including phenoxy) is 1. The van der Waals surface area contributed by atoms with E-state index in [2.05, 4.69) is 4.74 Å². The molecule has 1 aliphatic heterocycles. The highest BCUT2D eigenvalue weighted by Crippen LogP contribution is 2.24. The van der Waals surface area contributed by atoms with Gasteiger partial charge in [-0.3, -0.25) is 9.90 Å². The molecule has 1 aromatic rings. The van der Waals surface area contributed by atoms with Gasteiger partial charge in [-0.25, -0.2) is 4.79 Å². The van der Waals surface area contributed by atoms with Crippen molar-refractivity contribution >= 4 is 23.3 Å². The predicted molar refractivity (Wildman–Crippen MR) is 60.3 cm³/mol. The summed E-state index contributed by atoms with van der Waals surface area (Å²) in [6.07, 6.45) is 0.135. The maximum absolute atomic E-state index is 11.3. The number of nitrogens with zero attached hydrogens (tertiary/aromatic N) is 1. The van der Waals surface area contributed by atoms with Crippen LogP contribution in [0, 0.1) is 0 Å². The first-order valence-corrected chi connectivity index (χ1v) is 5.36. The highest BCUT2D eigenvalue weighted by atomic mass is 35.5. The molecule has 1 heterocycles. The number of carbonyl (C=O) groups is 1. The van der Waals surface area contributed by atoms with Gasteiger partial charge < -0.3 is 4.74 Å². The molecule has 0 amide bonds. The Hall–Kier alpha value is -1.26. The molecule has 4 nitrogen and oxygen atoms in total. The third kappa shape index (κ3) is 2.28. The van der Waals surface area contributed by atoms with Gasteiger partial charge in [-0.05, 0) is 24.3 Å². The molecular formula is C11H12ClNO3. The van der Waals surface area contributed by atoms with Crippen LogP contribution in [0.25, 0.3) is 0 Å². The first-order chi connectivity index (χ1) is 7.70. The van der Waals surface area contributed by atoms with E-state index < -0.39 is 6.10 Å². The Kier molecular flexibility index (Phi) is 3.31. The smallest absolute Gasteiger partial charge is 0.337 e. The molecule has 1 aliphatic rings. The van der Waals surface area contributed by atoms with Crippen molar-refractivity contribution in [1.82, 2.24) is 0 Å². The first kappa shape index (κ1) is 11.2. The van der Waals surface area contributed by atoms with Crippen molar-refractivity contribution in [3.05, 3.63) is 29.3 Å². The van der Waals surface area contributed by atoms with Crippen molar-refractivity contribution in [2.24, 2.45) is 0 Å². The van der Waals surface area contributed by atoms with E-state index in [-0.39, 0.29) is 5.97 Å². The van der Waals surface area contributed by atoms with E-state index in [1.807, 2.05) is 12.1 Å². The molecule has 0 bridgehead atoms. The lowest BCUT2D eigenvalue weighted by atomic mass is 10.2. The largest absolute Gasteiger partial charge is 0.467 e. The van der Waals surface area contributed by atoms with Crippen molar-refractivity contribution in [3.8, 4) is 0 Å². The van der Waals surface area contributed by atoms with E-state index >= 15 is 0 Å². The molecule has 0 N–H and O–H groups in total. The number of hydrogen-bond acceptors (Lipinski definition) is 4. The maximum atomic E-state index is 11.3. The summed E-state index contributed by atoms with van der Waals surface area (Å²) in [5, 5.41) is 2.35. The van der Waals surface area contributed by atoms with Gasteiger partial charge in [0.1, 0.15) is 0 Å². The summed E-state index contributed by atoms with van der Waals surface area (Å²) in [6.45, 7) is 0.668. The van der Waals surface area contributed by atoms with Crippen LogP contribution in [0.2, 0.25) is 5.02 Å². The molecular weight excluding hydrogens is 230 g/mol. The summed E-state index contributed by atoms with van der Waals surface area (Å²) < 4.78 is 4.63. The minimum atomic E-state index is -0.499. The minimum Gasteiger partial charge on any atom is -0.467 e. The molecule has 1 atom stereocenters. The Morgan fingerprint density at radius 2 is 2.19 bits per heavy atom. The number of halogens is 1. The number of hydroxylamine groups is 1. The lowest BCUT2D eigenvalue weighted by Gasteiger charge is -2.17. The molecule has 0 aromatic heterocycles. The second-order valence-corrected chi connectivity index (χ2v) is 3.92. The fourth-order valence-electron chi connectivity index (χ4n) is 1.58. The number of carbonyl (C=O) groups excluding carboxylic acids is 1. The number of rotatable bonds is 2. The van der Waals surface area contributed by atoms with Crippen LogP contribution < -0.4 is 5.06 Å². The zero-order valence-corrected chi connectivity index (χ0v) is 9.61. The minimum absolute atomic E-state index is 0.337. The van der Waals surface area contributed by atoms with Crippen LogP contribution in [0.1, 0.15) is 6.42 Å². The quantitative estimate of drug-likeness (QED) is 0.743. The van der Waals surface area contributed by atoms with Crippen LogP contribution in [0.5, 0.6) is 0 Å². The fourth-order valence-corrected chi connectivity index (χ4v) is 1.71. The summed E-state index contributed by atoms with van der Waals surface area (Å²) in [7, 11) is 1.36. The van der Waals surface area contributed by atoms with Gasteiger partial charge in [0.25, 0.3) is 0 Å². The molecule has 1 fully saturated rings. The predicted octanol–water partition coefficient (Wildman–Crippen LogP) is 2.02. The number of esters is 1. The molecule has 1 unspecified atom stereocenters. The Morgan fingerprint density at radius 1 is 1.50 bits per heavy atom. The van der Waals surface area contributed by atoms with Crippen molar-refractivity contribution in [2.75, 3.05) is 18.7 Å². The molecule has 0 aliphatic carbocycles. The number of benzene rings is 1. The van der Waals surface area contributed by atoms with Gasteiger partial charge in [0.05, 0.1) is 12.8 Å². The summed E-state index contributed by atoms with van der Waals surface area (Å²) in [6, 6.07) is 7.27. The van der Waals surface area contributed by atoms with Gasteiger partial charge >= 0.3 is 5.97 Å². The molecule has 16 heavy (non-hydrogen) atoms. The van der Waals surface area contributed by atoms with Crippen LogP contribution in [0.3, 0.4) is 0 Å². The monoisotopic (exact) mass is 241 g/mol. The average Bonchev–Trinajstić information content (AvgIpc) is 2.78. The second kappa shape index (κ2) is 4.72. The molecule has 2 rings (SSSR count). The molecule has 5 heteroatoms. The Bertz CT molecular complexity index is 379. The first-order valence-electron chi connectivity index (χ1n) is 4.98. The lowest BCUT2D eigenvalue weighted by Crippen LogP contribution is -2.24. The molecule has 1 aromatic carbocycles. The third-order valence-corrected chi connectivity index (χ3v) is 2.68. The highest BCUT2D eigenvalue weighted by Gasteiger charge is 2.30. The average molecular weight is 242 g/mol. The van der Waals surface area contributed by atoms with Crippen molar-refractivity contribution in [3.63, 3.8) is 0 Å². The lowest BCUT2D eigenvalue weighted by molar-refractivity contribution is -0.151. The SMILES string of the molecule is COC(=O)C1CCN(c2ccc(Cl)cc2)O1.